The van der Waals surface area contributed by atoms with Gasteiger partial charge in [-0.05, 0) is 37.0 Å². The normalized spacial score (nSPS) is 25.0. The van der Waals surface area contributed by atoms with E-state index in [1.165, 1.54) is 21.4 Å². The lowest BCUT2D eigenvalue weighted by Crippen LogP contribution is -2.53. The summed E-state index contributed by atoms with van der Waals surface area (Å²) >= 11 is 0. The van der Waals surface area contributed by atoms with Crippen molar-refractivity contribution < 1.29 is 9.13 Å². The van der Waals surface area contributed by atoms with Crippen LogP contribution < -0.4 is 11.1 Å². The van der Waals surface area contributed by atoms with Crippen molar-refractivity contribution in [3.05, 3.63) is 62.2 Å². The Kier molecular flexibility index (Phi) is 4.63. The van der Waals surface area contributed by atoms with Gasteiger partial charge in [-0.3, -0.25) is 19.1 Å². The molecule has 1 atom stereocenters. The van der Waals surface area contributed by atoms with Crippen molar-refractivity contribution in [1.29, 1.82) is 0 Å². The van der Waals surface area contributed by atoms with Crippen LogP contribution in [0.2, 0.25) is 0 Å². The number of fused-ring (bicyclic) bond motifs is 1. The van der Waals surface area contributed by atoms with Crippen LogP contribution in [-0.4, -0.2) is 37.9 Å². The van der Waals surface area contributed by atoms with Crippen molar-refractivity contribution in [3.8, 4) is 0 Å². The number of benzene rings is 1. The fourth-order valence-corrected chi connectivity index (χ4v) is 4.93. The van der Waals surface area contributed by atoms with Crippen molar-refractivity contribution >= 4 is 0 Å². The molecule has 29 heavy (non-hydrogen) atoms. The Bertz CT molecular complexity index is 1030. The number of hydrogen-bond donors (Lipinski definition) is 0. The molecule has 2 aromatic rings. The van der Waals surface area contributed by atoms with Crippen LogP contribution in [0.15, 0.2) is 33.9 Å². The molecule has 7 nitrogen and oxygen atoms in total. The Balaban J connectivity index is 1.35. The van der Waals surface area contributed by atoms with Gasteiger partial charge in [-0.1, -0.05) is 25.0 Å². The second-order valence-corrected chi connectivity index (χ2v) is 8.55. The molecule has 5 rings (SSSR count). The topological polar surface area (TPSA) is 69.4 Å². The third kappa shape index (κ3) is 3.44. The minimum atomic E-state index is -0.515. The van der Waals surface area contributed by atoms with Gasteiger partial charge < -0.3 is 4.74 Å². The van der Waals surface area contributed by atoms with Gasteiger partial charge in [0.2, 0.25) is 0 Å². The molecule has 1 unspecified atom stereocenters. The summed E-state index contributed by atoms with van der Waals surface area (Å²) in [5.74, 6) is 0.304. The zero-order valence-electron chi connectivity index (χ0n) is 16.3. The maximum Gasteiger partial charge on any atom is 0.332 e. The summed E-state index contributed by atoms with van der Waals surface area (Å²) in [6, 6.07) is 6.55. The molecule has 3 heterocycles. The molecule has 1 aromatic carbocycles. The first-order valence-electron chi connectivity index (χ1n) is 10.4. The van der Waals surface area contributed by atoms with Gasteiger partial charge in [-0.15, -0.1) is 0 Å². The minimum absolute atomic E-state index is 0.0367. The first-order chi connectivity index (χ1) is 14.0. The Morgan fingerprint density at radius 2 is 1.86 bits per heavy atom. The van der Waals surface area contributed by atoms with E-state index >= 15 is 0 Å². The van der Waals surface area contributed by atoms with E-state index in [9.17, 15) is 14.0 Å². The summed E-state index contributed by atoms with van der Waals surface area (Å²) in [6.07, 6.45) is 4.73. The molecule has 1 aliphatic carbocycles. The quantitative estimate of drug-likeness (QED) is 0.736. The van der Waals surface area contributed by atoms with Gasteiger partial charge in [0, 0.05) is 19.6 Å². The van der Waals surface area contributed by atoms with Gasteiger partial charge in [0.05, 0.1) is 12.6 Å². The molecule has 1 spiro atoms. The molecule has 0 amide bonds. The standard InChI is InChI=1S/C21H25FN4O3/c22-16-7-5-15(6-8-16)11-24-10-9-21(13-24)14-25-18(12-29-21)23-26(20(28)19(25)27)17-3-1-2-4-17/h5-8,17H,1-4,9-14H2. The van der Waals surface area contributed by atoms with Gasteiger partial charge >= 0.3 is 11.1 Å². The van der Waals surface area contributed by atoms with Gasteiger partial charge in [0.25, 0.3) is 0 Å². The Labute approximate surface area is 167 Å². The second kappa shape index (κ2) is 7.18. The Hall–Kier alpha value is -2.32. The van der Waals surface area contributed by atoms with Crippen LogP contribution in [-0.2, 0) is 24.4 Å². The fourth-order valence-electron chi connectivity index (χ4n) is 4.93. The highest BCUT2D eigenvalue weighted by Crippen LogP contribution is 2.32. The third-order valence-electron chi connectivity index (χ3n) is 6.51. The van der Waals surface area contributed by atoms with Crippen LogP contribution in [0, 0.1) is 5.82 Å². The summed E-state index contributed by atoms with van der Waals surface area (Å²) in [6.45, 7) is 2.80. The fraction of sp³-hybridized carbons (Fsp3) is 0.571. The summed E-state index contributed by atoms with van der Waals surface area (Å²) < 4.78 is 22.3. The van der Waals surface area contributed by atoms with E-state index in [0.29, 0.717) is 25.5 Å². The summed E-state index contributed by atoms with van der Waals surface area (Å²) in [5.41, 5.74) is -0.441. The van der Waals surface area contributed by atoms with E-state index in [1.54, 1.807) is 12.1 Å². The highest BCUT2D eigenvalue weighted by atomic mass is 19.1. The SMILES string of the molecule is O=c1c(=O)n2c(nn1C1CCCC1)COC1(CCN(Cc3ccc(F)cc3)C1)C2. The lowest BCUT2D eigenvalue weighted by molar-refractivity contribution is -0.0860. The number of rotatable bonds is 3. The van der Waals surface area contributed by atoms with E-state index in [4.69, 9.17) is 4.74 Å². The zero-order valence-corrected chi connectivity index (χ0v) is 16.3. The van der Waals surface area contributed by atoms with Crippen molar-refractivity contribution in [2.45, 2.75) is 63.4 Å². The Morgan fingerprint density at radius 1 is 1.10 bits per heavy atom. The van der Waals surface area contributed by atoms with Crippen LogP contribution in [0.3, 0.4) is 0 Å². The van der Waals surface area contributed by atoms with E-state index in [1.807, 2.05) is 0 Å². The zero-order chi connectivity index (χ0) is 20.0. The number of hydrogen-bond acceptors (Lipinski definition) is 5. The van der Waals surface area contributed by atoms with Crippen LogP contribution in [0.4, 0.5) is 4.39 Å². The molecule has 2 aliphatic heterocycles. The van der Waals surface area contributed by atoms with Gasteiger partial charge in [0.15, 0.2) is 5.82 Å². The molecule has 3 aliphatic rings. The maximum absolute atomic E-state index is 13.1. The summed E-state index contributed by atoms with van der Waals surface area (Å²) in [4.78, 5) is 27.7. The van der Waals surface area contributed by atoms with E-state index in [-0.39, 0.29) is 18.5 Å². The summed E-state index contributed by atoms with van der Waals surface area (Å²) in [5, 5.41) is 4.50. The number of ether oxygens (including phenoxy) is 1. The predicted molar refractivity (Wildman–Crippen MR) is 104 cm³/mol. The number of likely N-dealkylation sites (tertiary alicyclic amines) is 1. The third-order valence-corrected chi connectivity index (χ3v) is 6.51. The van der Waals surface area contributed by atoms with Crippen LogP contribution in [0.25, 0.3) is 0 Å². The Morgan fingerprint density at radius 3 is 2.62 bits per heavy atom. The summed E-state index contributed by atoms with van der Waals surface area (Å²) in [7, 11) is 0. The van der Waals surface area contributed by atoms with E-state index < -0.39 is 16.7 Å². The van der Waals surface area contributed by atoms with Crippen molar-refractivity contribution in [3.63, 3.8) is 0 Å². The lowest BCUT2D eigenvalue weighted by Gasteiger charge is -2.35. The second-order valence-electron chi connectivity index (χ2n) is 8.55. The monoisotopic (exact) mass is 400 g/mol. The molecular weight excluding hydrogens is 375 g/mol. The lowest BCUT2D eigenvalue weighted by atomic mass is 10.0. The first kappa shape index (κ1) is 18.7. The van der Waals surface area contributed by atoms with Gasteiger partial charge in [-0.25, -0.2) is 9.07 Å². The largest absolute Gasteiger partial charge is 0.364 e. The van der Waals surface area contributed by atoms with Crippen molar-refractivity contribution in [2.24, 2.45) is 0 Å². The van der Waals surface area contributed by atoms with Crippen LogP contribution in [0.5, 0.6) is 0 Å². The highest BCUT2D eigenvalue weighted by molar-refractivity contribution is 5.16. The van der Waals surface area contributed by atoms with Gasteiger partial charge in [-0.2, -0.15) is 5.10 Å². The maximum atomic E-state index is 13.1. The van der Waals surface area contributed by atoms with Crippen molar-refractivity contribution in [1.82, 2.24) is 19.2 Å². The molecule has 1 saturated carbocycles. The number of nitrogens with zero attached hydrogens (tertiary/aromatic N) is 4. The van der Waals surface area contributed by atoms with Gasteiger partial charge in [0.1, 0.15) is 18.0 Å². The van der Waals surface area contributed by atoms with E-state index in [0.717, 1.165) is 44.2 Å². The highest BCUT2D eigenvalue weighted by Gasteiger charge is 2.43. The molecule has 0 N–H and O–H groups in total. The predicted octanol–water partition coefficient (Wildman–Crippen LogP) is 1.83. The molecule has 0 radical (unpaired) electrons. The molecule has 1 aromatic heterocycles. The average molecular weight is 400 g/mol. The first-order valence-corrected chi connectivity index (χ1v) is 10.4. The number of aromatic nitrogens is 3. The molecule has 0 bridgehead atoms. The minimum Gasteiger partial charge on any atom is -0.364 e. The van der Waals surface area contributed by atoms with E-state index in [2.05, 4.69) is 10.00 Å². The average Bonchev–Trinajstić information content (AvgIpc) is 3.38. The molecule has 154 valence electrons. The molecular formula is C21H25FN4O3. The van der Waals surface area contributed by atoms with Crippen molar-refractivity contribution in [2.75, 3.05) is 13.1 Å². The molecule has 8 heteroatoms. The molecule has 1 saturated heterocycles. The number of halogens is 1. The van der Waals surface area contributed by atoms with Crippen LogP contribution >= 0.6 is 0 Å². The smallest absolute Gasteiger partial charge is 0.332 e. The molecule has 2 fully saturated rings. The van der Waals surface area contributed by atoms with Crippen LogP contribution in [0.1, 0.15) is 49.5 Å².